The van der Waals surface area contributed by atoms with E-state index in [2.05, 4.69) is 26.2 Å². The summed E-state index contributed by atoms with van der Waals surface area (Å²) in [5.74, 6) is 0.206. The van der Waals surface area contributed by atoms with E-state index in [4.69, 9.17) is 4.52 Å². The van der Waals surface area contributed by atoms with Gasteiger partial charge in [0.25, 0.3) is 0 Å². The highest BCUT2D eigenvalue weighted by atomic mass is 19.1. The number of piperidine rings is 1. The zero-order chi connectivity index (χ0) is 20.0. The number of allylic oxidation sites excluding steroid dienone is 1. The van der Waals surface area contributed by atoms with Gasteiger partial charge in [-0.05, 0) is 50.6 Å². The van der Waals surface area contributed by atoms with Crippen molar-refractivity contribution in [2.24, 2.45) is 5.92 Å². The number of carbonyl (C=O) groups is 1. The highest BCUT2D eigenvalue weighted by Crippen LogP contribution is 2.35. The maximum Gasteiger partial charge on any atom is 0.247 e. The van der Waals surface area contributed by atoms with Gasteiger partial charge in [0, 0.05) is 24.2 Å². The van der Waals surface area contributed by atoms with E-state index in [0.29, 0.717) is 23.9 Å². The van der Waals surface area contributed by atoms with Gasteiger partial charge in [0.1, 0.15) is 12.0 Å². The van der Waals surface area contributed by atoms with Crippen LogP contribution in [0.1, 0.15) is 30.2 Å². The minimum Gasteiger partial charge on any atom is -0.338 e. The second-order valence-corrected chi connectivity index (χ2v) is 7.83. The summed E-state index contributed by atoms with van der Waals surface area (Å²) in [6.45, 7) is 4.26. The SMILES string of the molecule is Cc1ccc(-c2noc(C3CNN4C(C5CCNCC5)=CC(=O)NC34)n2)c(F)c1. The van der Waals surface area contributed by atoms with Gasteiger partial charge < -0.3 is 15.2 Å². The van der Waals surface area contributed by atoms with Crippen LogP contribution in [0.15, 0.2) is 34.5 Å². The standard InChI is InChI=1S/C20H23FN6O2/c1-11-2-3-13(15(21)8-11)18-25-20(29-26-18)14-10-23-27-16(9-17(28)24-19(14)27)12-4-6-22-7-5-12/h2-3,8-9,12,14,19,22-23H,4-7,10H2,1H3,(H,24,28). The molecule has 9 heteroatoms. The Hall–Kier alpha value is -2.78. The van der Waals surface area contributed by atoms with Gasteiger partial charge in [-0.25, -0.2) is 9.82 Å². The Labute approximate surface area is 167 Å². The average molecular weight is 398 g/mol. The molecule has 2 aromatic rings. The second kappa shape index (κ2) is 7.23. The quantitative estimate of drug-likeness (QED) is 0.720. The number of hydrogen-bond acceptors (Lipinski definition) is 7. The van der Waals surface area contributed by atoms with E-state index in [-0.39, 0.29) is 29.6 Å². The molecular formula is C20H23FN6O2. The molecule has 3 aliphatic rings. The number of fused-ring (bicyclic) bond motifs is 1. The summed E-state index contributed by atoms with van der Waals surface area (Å²) in [5, 5.41) is 12.4. The molecule has 0 spiro atoms. The Kier molecular flexibility index (Phi) is 4.56. The Morgan fingerprint density at radius 1 is 1.28 bits per heavy atom. The third kappa shape index (κ3) is 3.30. The van der Waals surface area contributed by atoms with E-state index in [1.54, 1.807) is 12.1 Å². The third-order valence-corrected chi connectivity index (χ3v) is 5.87. The molecule has 2 saturated heterocycles. The van der Waals surface area contributed by atoms with Crippen molar-refractivity contribution >= 4 is 5.91 Å². The van der Waals surface area contributed by atoms with Crippen LogP contribution in [-0.2, 0) is 4.79 Å². The molecule has 2 unspecified atom stereocenters. The van der Waals surface area contributed by atoms with E-state index < -0.39 is 0 Å². The number of rotatable bonds is 3. The number of halogens is 1. The largest absolute Gasteiger partial charge is 0.338 e. The number of nitrogens with zero attached hydrogens (tertiary/aromatic N) is 3. The van der Waals surface area contributed by atoms with E-state index in [1.807, 2.05) is 18.0 Å². The van der Waals surface area contributed by atoms with Crippen molar-refractivity contribution in [3.63, 3.8) is 0 Å². The minimum atomic E-state index is -0.384. The number of hydrazine groups is 1. The predicted molar refractivity (Wildman–Crippen MR) is 103 cm³/mol. The van der Waals surface area contributed by atoms with Crippen LogP contribution in [0.25, 0.3) is 11.4 Å². The molecular weight excluding hydrogens is 375 g/mol. The Balaban J connectivity index is 1.40. The smallest absolute Gasteiger partial charge is 0.247 e. The number of carbonyl (C=O) groups excluding carboxylic acids is 1. The lowest BCUT2D eigenvalue weighted by molar-refractivity contribution is -0.119. The van der Waals surface area contributed by atoms with Crippen molar-refractivity contribution in [3.05, 3.63) is 47.2 Å². The Morgan fingerprint density at radius 3 is 2.90 bits per heavy atom. The third-order valence-electron chi connectivity index (χ3n) is 5.87. The van der Waals surface area contributed by atoms with E-state index >= 15 is 0 Å². The summed E-state index contributed by atoms with van der Waals surface area (Å²) in [5.41, 5.74) is 5.51. The summed E-state index contributed by atoms with van der Waals surface area (Å²) in [4.78, 5) is 16.8. The van der Waals surface area contributed by atoms with Crippen molar-refractivity contribution in [1.82, 2.24) is 31.2 Å². The molecule has 1 amide bonds. The second-order valence-electron chi connectivity index (χ2n) is 7.83. The molecule has 3 N–H and O–H groups in total. The summed E-state index contributed by atoms with van der Waals surface area (Å²) in [7, 11) is 0. The molecule has 0 radical (unpaired) electrons. The van der Waals surface area contributed by atoms with Gasteiger partial charge in [-0.2, -0.15) is 4.98 Å². The number of aryl methyl sites for hydroxylation is 1. The molecule has 2 fully saturated rings. The van der Waals surface area contributed by atoms with E-state index in [0.717, 1.165) is 37.2 Å². The average Bonchev–Trinajstić information content (AvgIpc) is 3.35. The van der Waals surface area contributed by atoms with Crippen LogP contribution in [0.4, 0.5) is 4.39 Å². The number of hydrogen-bond donors (Lipinski definition) is 3. The van der Waals surface area contributed by atoms with Crippen molar-refractivity contribution < 1.29 is 13.7 Å². The van der Waals surface area contributed by atoms with Gasteiger partial charge in [-0.15, -0.1) is 0 Å². The van der Waals surface area contributed by atoms with Gasteiger partial charge in [-0.1, -0.05) is 11.2 Å². The van der Waals surface area contributed by atoms with Gasteiger partial charge in [0.15, 0.2) is 0 Å². The monoisotopic (exact) mass is 398 g/mol. The lowest BCUT2D eigenvalue weighted by Gasteiger charge is -2.38. The molecule has 152 valence electrons. The van der Waals surface area contributed by atoms with Crippen LogP contribution in [0.3, 0.4) is 0 Å². The minimum absolute atomic E-state index is 0.113. The van der Waals surface area contributed by atoms with Gasteiger partial charge in [-0.3, -0.25) is 9.80 Å². The summed E-state index contributed by atoms with van der Waals surface area (Å²) in [6, 6.07) is 4.91. The molecule has 0 aliphatic carbocycles. The van der Waals surface area contributed by atoms with Crippen molar-refractivity contribution in [3.8, 4) is 11.4 Å². The molecule has 4 heterocycles. The lowest BCUT2D eigenvalue weighted by Crippen LogP contribution is -2.53. The molecule has 1 aromatic heterocycles. The maximum atomic E-state index is 14.3. The summed E-state index contributed by atoms with van der Waals surface area (Å²) < 4.78 is 19.8. The first-order chi connectivity index (χ1) is 14.1. The normalized spacial score (nSPS) is 25.0. The van der Waals surface area contributed by atoms with Crippen LogP contribution in [0.2, 0.25) is 0 Å². The van der Waals surface area contributed by atoms with Crippen molar-refractivity contribution in [2.45, 2.75) is 31.8 Å². The molecule has 8 nitrogen and oxygen atoms in total. The summed E-state index contributed by atoms with van der Waals surface area (Å²) in [6.07, 6.45) is 3.36. The number of amides is 1. The predicted octanol–water partition coefficient (Wildman–Crippen LogP) is 1.43. The fraction of sp³-hybridized carbons (Fsp3) is 0.450. The van der Waals surface area contributed by atoms with Gasteiger partial charge in [0.05, 0.1) is 11.5 Å². The molecule has 3 aliphatic heterocycles. The number of aromatic nitrogens is 2. The highest BCUT2D eigenvalue weighted by Gasteiger charge is 2.44. The number of benzene rings is 1. The molecule has 0 bridgehead atoms. The molecule has 0 saturated carbocycles. The van der Waals surface area contributed by atoms with Crippen LogP contribution in [0.5, 0.6) is 0 Å². The topological polar surface area (TPSA) is 95.3 Å². The van der Waals surface area contributed by atoms with Crippen molar-refractivity contribution in [1.29, 1.82) is 0 Å². The van der Waals surface area contributed by atoms with Crippen LogP contribution in [-0.4, -0.2) is 46.9 Å². The first-order valence-corrected chi connectivity index (χ1v) is 9.96. The van der Waals surface area contributed by atoms with Crippen LogP contribution in [0, 0.1) is 18.7 Å². The van der Waals surface area contributed by atoms with Gasteiger partial charge in [0.2, 0.25) is 17.6 Å². The lowest BCUT2D eigenvalue weighted by atomic mass is 9.92. The number of nitrogens with one attached hydrogen (secondary N) is 3. The van der Waals surface area contributed by atoms with Crippen molar-refractivity contribution in [2.75, 3.05) is 19.6 Å². The van der Waals surface area contributed by atoms with E-state index in [9.17, 15) is 9.18 Å². The molecule has 2 atom stereocenters. The Bertz CT molecular complexity index is 968. The van der Waals surface area contributed by atoms with Crippen LogP contribution < -0.4 is 16.1 Å². The zero-order valence-corrected chi connectivity index (χ0v) is 16.1. The highest BCUT2D eigenvalue weighted by molar-refractivity contribution is 5.89. The maximum absolute atomic E-state index is 14.3. The van der Waals surface area contributed by atoms with Crippen LogP contribution >= 0.6 is 0 Å². The van der Waals surface area contributed by atoms with Gasteiger partial charge >= 0.3 is 0 Å². The fourth-order valence-corrected chi connectivity index (χ4v) is 4.35. The Morgan fingerprint density at radius 2 is 2.10 bits per heavy atom. The zero-order valence-electron chi connectivity index (χ0n) is 16.1. The summed E-state index contributed by atoms with van der Waals surface area (Å²) >= 11 is 0. The first kappa shape index (κ1) is 18.3. The molecule has 5 rings (SSSR count). The molecule has 1 aromatic carbocycles. The molecule has 29 heavy (non-hydrogen) atoms. The fourth-order valence-electron chi connectivity index (χ4n) is 4.35. The van der Waals surface area contributed by atoms with E-state index in [1.165, 1.54) is 6.07 Å². The first-order valence-electron chi connectivity index (χ1n) is 9.96.